The van der Waals surface area contributed by atoms with Gasteiger partial charge in [0.05, 0.1) is 22.8 Å². The topological polar surface area (TPSA) is 125 Å². The predicted molar refractivity (Wildman–Crippen MR) is 102 cm³/mol. The zero-order chi connectivity index (χ0) is 20.7. The number of carbonyl (C=O) groups is 2. The number of rotatable bonds is 8. The summed E-state index contributed by atoms with van der Waals surface area (Å²) < 4.78 is 10.3. The first-order valence-electron chi connectivity index (χ1n) is 8.48. The third-order valence-corrected chi connectivity index (χ3v) is 3.87. The molecule has 0 spiro atoms. The summed E-state index contributed by atoms with van der Waals surface area (Å²) in [5, 5.41) is 10.7. The smallest absolute Gasteiger partial charge is 0.340 e. The van der Waals surface area contributed by atoms with Crippen LogP contribution in [-0.4, -0.2) is 42.0 Å². The molecule has 0 atom stereocenters. The van der Waals surface area contributed by atoms with Crippen molar-refractivity contribution in [2.24, 2.45) is 0 Å². The van der Waals surface area contributed by atoms with E-state index in [1.807, 2.05) is 31.2 Å². The minimum absolute atomic E-state index is 0.0347. The molecule has 2 N–H and O–H groups in total. The van der Waals surface area contributed by atoms with E-state index in [9.17, 15) is 19.7 Å². The van der Waals surface area contributed by atoms with Crippen molar-refractivity contribution in [1.82, 2.24) is 4.90 Å². The molecule has 0 aliphatic rings. The summed E-state index contributed by atoms with van der Waals surface area (Å²) in [6.07, 6.45) is 0. The van der Waals surface area contributed by atoms with Crippen molar-refractivity contribution >= 4 is 23.3 Å². The lowest BCUT2D eigenvalue weighted by atomic mass is 10.1. The van der Waals surface area contributed by atoms with Gasteiger partial charge < -0.3 is 20.1 Å². The highest BCUT2D eigenvalue weighted by Gasteiger charge is 2.18. The van der Waals surface area contributed by atoms with E-state index >= 15 is 0 Å². The average molecular weight is 387 g/mol. The second-order valence-electron chi connectivity index (χ2n) is 5.93. The van der Waals surface area contributed by atoms with Crippen molar-refractivity contribution in [3.05, 3.63) is 63.7 Å². The predicted octanol–water partition coefficient (Wildman–Crippen LogP) is 2.39. The number of carbonyl (C=O) groups excluding carboxylic acids is 2. The maximum atomic E-state index is 12.2. The first kappa shape index (κ1) is 20.7. The number of anilines is 1. The van der Waals surface area contributed by atoms with Crippen LogP contribution < -0.4 is 10.5 Å². The van der Waals surface area contributed by atoms with Crippen LogP contribution in [0.2, 0.25) is 0 Å². The summed E-state index contributed by atoms with van der Waals surface area (Å²) in [6, 6.07) is 10.7. The molecule has 28 heavy (non-hydrogen) atoms. The molecule has 0 bridgehead atoms. The van der Waals surface area contributed by atoms with Crippen LogP contribution in [0.15, 0.2) is 42.5 Å². The first-order valence-corrected chi connectivity index (χ1v) is 8.48. The zero-order valence-corrected chi connectivity index (χ0v) is 15.6. The number of ether oxygens (including phenoxy) is 2. The highest BCUT2D eigenvalue weighted by Crippen LogP contribution is 2.20. The van der Waals surface area contributed by atoms with Crippen molar-refractivity contribution in [1.29, 1.82) is 0 Å². The monoisotopic (exact) mass is 387 g/mol. The first-order chi connectivity index (χ1) is 13.3. The molecule has 0 fully saturated rings. The number of hydrogen-bond acceptors (Lipinski definition) is 7. The SMILES string of the molecule is CCOc1ccc(CN(C)C(=O)COC(=O)c2ccc([N+](=O)[O-])cc2N)cc1. The van der Waals surface area contributed by atoms with E-state index in [4.69, 9.17) is 15.2 Å². The summed E-state index contributed by atoms with van der Waals surface area (Å²) in [6.45, 7) is 2.33. The maximum Gasteiger partial charge on any atom is 0.340 e. The summed E-state index contributed by atoms with van der Waals surface area (Å²) in [7, 11) is 1.59. The lowest BCUT2D eigenvalue weighted by molar-refractivity contribution is -0.384. The number of benzene rings is 2. The van der Waals surface area contributed by atoms with Gasteiger partial charge >= 0.3 is 5.97 Å². The van der Waals surface area contributed by atoms with Crippen molar-refractivity contribution < 1.29 is 24.0 Å². The fraction of sp³-hybridized carbons (Fsp3) is 0.263. The van der Waals surface area contributed by atoms with Gasteiger partial charge in [-0.3, -0.25) is 14.9 Å². The second-order valence-corrected chi connectivity index (χ2v) is 5.93. The summed E-state index contributed by atoms with van der Waals surface area (Å²) >= 11 is 0. The number of esters is 1. The molecule has 0 heterocycles. The molecule has 2 aromatic carbocycles. The number of amides is 1. The Bertz CT molecular complexity index is 866. The largest absolute Gasteiger partial charge is 0.494 e. The lowest BCUT2D eigenvalue weighted by Crippen LogP contribution is -2.30. The van der Waals surface area contributed by atoms with Crippen molar-refractivity contribution in [3.8, 4) is 5.75 Å². The second kappa shape index (κ2) is 9.36. The number of likely N-dealkylation sites (N-methyl/N-ethyl adjacent to an activating group) is 1. The Balaban J connectivity index is 1.90. The van der Waals surface area contributed by atoms with Crippen LogP contribution in [-0.2, 0) is 16.1 Å². The summed E-state index contributed by atoms with van der Waals surface area (Å²) in [5.41, 5.74) is 6.19. The van der Waals surface area contributed by atoms with Gasteiger partial charge in [0.1, 0.15) is 5.75 Å². The van der Waals surface area contributed by atoms with Gasteiger partial charge in [-0.15, -0.1) is 0 Å². The molecule has 0 unspecified atom stereocenters. The molecule has 148 valence electrons. The average Bonchev–Trinajstić information content (AvgIpc) is 2.67. The Morgan fingerprint density at radius 1 is 1.18 bits per heavy atom. The van der Waals surface area contributed by atoms with Crippen molar-refractivity contribution in [2.75, 3.05) is 26.0 Å². The quantitative estimate of drug-likeness (QED) is 0.319. The Morgan fingerprint density at radius 2 is 1.86 bits per heavy atom. The number of nitrogens with two attached hydrogens (primary N) is 1. The molecule has 0 radical (unpaired) electrons. The van der Waals surface area contributed by atoms with E-state index in [1.54, 1.807) is 7.05 Å². The molecule has 0 saturated carbocycles. The Hall–Kier alpha value is -3.62. The minimum atomic E-state index is -0.824. The molecular formula is C19H21N3O6. The fourth-order valence-corrected chi connectivity index (χ4v) is 2.38. The van der Waals surface area contributed by atoms with Crippen LogP contribution in [0, 0.1) is 10.1 Å². The standard InChI is InChI=1S/C19H21N3O6/c1-3-27-15-7-4-13(5-8-15)11-21(2)18(23)12-28-19(24)16-9-6-14(22(25)26)10-17(16)20/h4-10H,3,11-12,20H2,1-2H3. The highest BCUT2D eigenvalue weighted by atomic mass is 16.6. The Kier molecular flexibility index (Phi) is 6.91. The van der Waals surface area contributed by atoms with Gasteiger partial charge in [0.15, 0.2) is 6.61 Å². The molecule has 2 rings (SSSR count). The van der Waals surface area contributed by atoms with Gasteiger partial charge in [0, 0.05) is 25.7 Å². The van der Waals surface area contributed by atoms with Crippen LogP contribution in [0.25, 0.3) is 0 Å². The molecule has 9 heteroatoms. The van der Waals surface area contributed by atoms with Crippen LogP contribution in [0.5, 0.6) is 5.75 Å². The van der Waals surface area contributed by atoms with Gasteiger partial charge in [-0.2, -0.15) is 0 Å². The van der Waals surface area contributed by atoms with Crippen LogP contribution in [0.1, 0.15) is 22.8 Å². The molecule has 0 saturated heterocycles. The normalized spacial score (nSPS) is 10.2. The Labute approximate surface area is 161 Å². The molecule has 9 nitrogen and oxygen atoms in total. The fourth-order valence-electron chi connectivity index (χ4n) is 2.38. The maximum absolute atomic E-state index is 12.2. The van der Waals surface area contributed by atoms with Crippen molar-refractivity contribution in [3.63, 3.8) is 0 Å². The van der Waals surface area contributed by atoms with E-state index in [0.29, 0.717) is 13.2 Å². The van der Waals surface area contributed by atoms with E-state index in [2.05, 4.69) is 0 Å². The van der Waals surface area contributed by atoms with Gasteiger partial charge in [-0.25, -0.2) is 4.79 Å². The number of hydrogen-bond donors (Lipinski definition) is 1. The lowest BCUT2D eigenvalue weighted by Gasteiger charge is -2.17. The third-order valence-electron chi connectivity index (χ3n) is 3.87. The molecule has 0 aromatic heterocycles. The van der Waals surface area contributed by atoms with Gasteiger partial charge in [0.25, 0.3) is 11.6 Å². The number of nitro benzene ring substituents is 1. The summed E-state index contributed by atoms with van der Waals surface area (Å²) in [5.74, 6) is -0.479. The van der Waals surface area contributed by atoms with E-state index < -0.39 is 23.4 Å². The zero-order valence-electron chi connectivity index (χ0n) is 15.6. The molecule has 2 aromatic rings. The van der Waals surface area contributed by atoms with E-state index in [-0.39, 0.29) is 16.9 Å². The van der Waals surface area contributed by atoms with Crippen molar-refractivity contribution in [2.45, 2.75) is 13.5 Å². The number of nitro groups is 1. The molecule has 0 aliphatic heterocycles. The number of non-ortho nitro benzene ring substituents is 1. The number of nitrogen functional groups attached to an aromatic ring is 1. The number of nitrogens with zero attached hydrogens (tertiary/aromatic N) is 2. The van der Waals surface area contributed by atoms with Gasteiger partial charge in [-0.1, -0.05) is 12.1 Å². The third kappa shape index (κ3) is 5.44. The van der Waals surface area contributed by atoms with Gasteiger partial charge in [-0.05, 0) is 30.7 Å². The van der Waals surface area contributed by atoms with Gasteiger partial charge in [0.2, 0.25) is 0 Å². The van der Waals surface area contributed by atoms with E-state index in [1.165, 1.54) is 11.0 Å². The molecule has 0 aliphatic carbocycles. The molecule has 1 amide bonds. The molecular weight excluding hydrogens is 366 g/mol. The highest BCUT2D eigenvalue weighted by molar-refractivity contribution is 5.96. The van der Waals surface area contributed by atoms with Crippen LogP contribution in [0.4, 0.5) is 11.4 Å². The van der Waals surface area contributed by atoms with Crippen LogP contribution in [0.3, 0.4) is 0 Å². The minimum Gasteiger partial charge on any atom is -0.494 e. The van der Waals surface area contributed by atoms with Crippen LogP contribution >= 0.6 is 0 Å². The van der Waals surface area contributed by atoms with E-state index in [0.717, 1.165) is 23.4 Å². The summed E-state index contributed by atoms with van der Waals surface area (Å²) in [4.78, 5) is 35.8. The Morgan fingerprint density at radius 3 is 2.43 bits per heavy atom.